The van der Waals surface area contributed by atoms with Crippen molar-refractivity contribution in [2.75, 3.05) is 32.9 Å². The topological polar surface area (TPSA) is 30.5 Å². The van der Waals surface area contributed by atoms with Gasteiger partial charge in [-0.15, -0.1) is 0 Å². The highest BCUT2D eigenvalue weighted by Gasteiger charge is 1.99. The molecule has 0 aliphatic rings. The number of hydrogen-bond acceptors (Lipinski definition) is 3. The Balaban J connectivity index is 2.03. The second-order valence-corrected chi connectivity index (χ2v) is 4.83. The molecule has 0 atom stereocenters. The van der Waals surface area contributed by atoms with Crippen LogP contribution in [0.5, 0.6) is 5.75 Å². The van der Waals surface area contributed by atoms with Crippen LogP contribution in [0.4, 0.5) is 0 Å². The first-order chi connectivity index (χ1) is 9.24. The van der Waals surface area contributed by atoms with Gasteiger partial charge in [-0.1, -0.05) is 25.5 Å². The molecule has 0 radical (unpaired) electrons. The number of benzene rings is 1. The number of unbranched alkanes of at least 4 members (excludes halogenated alkanes) is 1. The van der Waals surface area contributed by atoms with Gasteiger partial charge in [-0.25, -0.2) is 0 Å². The van der Waals surface area contributed by atoms with Crippen LogP contribution in [0.15, 0.2) is 18.2 Å². The van der Waals surface area contributed by atoms with Crippen molar-refractivity contribution < 1.29 is 9.47 Å². The fourth-order valence-electron chi connectivity index (χ4n) is 1.71. The lowest BCUT2D eigenvalue weighted by Crippen LogP contribution is -2.25. The number of rotatable bonds is 10. The summed E-state index contributed by atoms with van der Waals surface area (Å²) < 4.78 is 11.2. The maximum atomic E-state index is 5.76. The molecule has 0 amide bonds. The highest BCUT2D eigenvalue weighted by Crippen LogP contribution is 2.18. The molecule has 108 valence electrons. The number of ether oxygens (including phenoxy) is 2. The summed E-state index contributed by atoms with van der Waals surface area (Å²) in [5.74, 6) is 0.987. The van der Waals surface area contributed by atoms with Crippen LogP contribution in [0.25, 0.3) is 0 Å². The fourth-order valence-corrected chi connectivity index (χ4v) is 1.71. The third-order valence-corrected chi connectivity index (χ3v) is 2.95. The van der Waals surface area contributed by atoms with E-state index < -0.39 is 0 Å². The number of nitrogens with one attached hydrogen (secondary N) is 1. The predicted molar refractivity (Wildman–Crippen MR) is 80.0 cm³/mol. The molecule has 1 N–H and O–H groups in total. The van der Waals surface area contributed by atoms with Gasteiger partial charge in [0, 0.05) is 19.7 Å². The molecule has 0 spiro atoms. The van der Waals surface area contributed by atoms with Crippen LogP contribution in [0.3, 0.4) is 0 Å². The first kappa shape index (κ1) is 16.0. The normalized spacial score (nSPS) is 10.7. The van der Waals surface area contributed by atoms with Crippen molar-refractivity contribution >= 4 is 0 Å². The van der Waals surface area contributed by atoms with Gasteiger partial charge in [-0.3, -0.25) is 0 Å². The highest BCUT2D eigenvalue weighted by molar-refractivity contribution is 5.35. The zero-order valence-electron chi connectivity index (χ0n) is 12.5. The zero-order valence-corrected chi connectivity index (χ0v) is 12.5. The molecule has 1 rings (SSSR count). The van der Waals surface area contributed by atoms with Gasteiger partial charge < -0.3 is 14.8 Å². The second kappa shape index (κ2) is 9.82. The Hall–Kier alpha value is -1.06. The van der Waals surface area contributed by atoms with Crippen LogP contribution >= 0.6 is 0 Å². The van der Waals surface area contributed by atoms with E-state index in [9.17, 15) is 0 Å². The molecule has 0 aromatic heterocycles. The van der Waals surface area contributed by atoms with Crippen LogP contribution in [-0.2, 0) is 4.74 Å². The molecule has 0 heterocycles. The van der Waals surface area contributed by atoms with Crippen LogP contribution in [-0.4, -0.2) is 32.9 Å². The molecule has 1 aromatic carbocycles. The van der Waals surface area contributed by atoms with E-state index in [1.165, 1.54) is 17.5 Å². The van der Waals surface area contributed by atoms with Gasteiger partial charge in [-0.05, 0) is 37.5 Å². The van der Waals surface area contributed by atoms with E-state index in [-0.39, 0.29) is 0 Å². The predicted octanol–water partition coefficient (Wildman–Crippen LogP) is 3.09. The number of aryl methyl sites for hydroxylation is 2. The van der Waals surface area contributed by atoms with E-state index in [2.05, 4.69) is 44.3 Å². The SMILES string of the molecule is CCCCOCCNCCOc1cc(C)ccc1C. The van der Waals surface area contributed by atoms with Gasteiger partial charge in [0.2, 0.25) is 0 Å². The smallest absolute Gasteiger partial charge is 0.122 e. The summed E-state index contributed by atoms with van der Waals surface area (Å²) in [4.78, 5) is 0. The maximum absolute atomic E-state index is 5.76. The molecule has 0 unspecified atom stereocenters. The Morgan fingerprint density at radius 2 is 1.84 bits per heavy atom. The van der Waals surface area contributed by atoms with Crippen molar-refractivity contribution in [1.29, 1.82) is 0 Å². The van der Waals surface area contributed by atoms with Crippen LogP contribution in [0.2, 0.25) is 0 Å². The molecular weight excluding hydrogens is 238 g/mol. The van der Waals surface area contributed by atoms with Crippen LogP contribution < -0.4 is 10.1 Å². The number of hydrogen-bond donors (Lipinski definition) is 1. The van der Waals surface area contributed by atoms with E-state index in [0.29, 0.717) is 6.61 Å². The van der Waals surface area contributed by atoms with Crippen LogP contribution in [0.1, 0.15) is 30.9 Å². The van der Waals surface area contributed by atoms with Gasteiger partial charge in [0.1, 0.15) is 12.4 Å². The lowest BCUT2D eigenvalue weighted by molar-refractivity contribution is 0.132. The van der Waals surface area contributed by atoms with Gasteiger partial charge >= 0.3 is 0 Å². The van der Waals surface area contributed by atoms with Gasteiger partial charge in [-0.2, -0.15) is 0 Å². The minimum absolute atomic E-state index is 0.694. The van der Waals surface area contributed by atoms with Gasteiger partial charge in [0.05, 0.1) is 6.61 Å². The zero-order chi connectivity index (χ0) is 13.9. The third kappa shape index (κ3) is 7.19. The molecule has 1 aromatic rings. The summed E-state index contributed by atoms with van der Waals surface area (Å²) in [7, 11) is 0. The highest BCUT2D eigenvalue weighted by atomic mass is 16.5. The Labute approximate surface area is 117 Å². The van der Waals surface area contributed by atoms with Crippen molar-refractivity contribution in [3.05, 3.63) is 29.3 Å². The van der Waals surface area contributed by atoms with Gasteiger partial charge in [0.15, 0.2) is 0 Å². The van der Waals surface area contributed by atoms with Gasteiger partial charge in [0.25, 0.3) is 0 Å². The molecule has 19 heavy (non-hydrogen) atoms. The van der Waals surface area contributed by atoms with E-state index in [1.807, 2.05) is 0 Å². The van der Waals surface area contributed by atoms with E-state index in [1.54, 1.807) is 0 Å². The molecule has 0 aliphatic heterocycles. The summed E-state index contributed by atoms with van der Waals surface area (Å²) in [5.41, 5.74) is 2.42. The quantitative estimate of drug-likeness (QED) is 0.659. The molecular formula is C16H27NO2. The largest absolute Gasteiger partial charge is 0.492 e. The van der Waals surface area contributed by atoms with Crippen molar-refractivity contribution in [1.82, 2.24) is 5.32 Å². The monoisotopic (exact) mass is 265 g/mol. The standard InChI is InChI=1S/C16H27NO2/c1-4-5-10-18-11-8-17-9-12-19-16-13-14(2)6-7-15(16)3/h6-7,13,17H,4-5,8-12H2,1-3H3. The first-order valence-corrected chi connectivity index (χ1v) is 7.22. The summed E-state index contributed by atoms with van der Waals surface area (Å²) in [6.45, 7) is 10.4. The molecule has 0 saturated carbocycles. The molecule has 3 heteroatoms. The average molecular weight is 265 g/mol. The van der Waals surface area contributed by atoms with Crippen molar-refractivity contribution in [2.45, 2.75) is 33.6 Å². The molecule has 0 saturated heterocycles. The van der Waals surface area contributed by atoms with Crippen molar-refractivity contribution in [3.8, 4) is 5.75 Å². The minimum atomic E-state index is 0.694. The molecule has 3 nitrogen and oxygen atoms in total. The summed E-state index contributed by atoms with van der Waals surface area (Å²) in [6, 6.07) is 6.29. The average Bonchev–Trinajstić information content (AvgIpc) is 2.40. The third-order valence-electron chi connectivity index (χ3n) is 2.95. The Bertz CT molecular complexity index is 353. The maximum Gasteiger partial charge on any atom is 0.122 e. The van der Waals surface area contributed by atoms with Crippen LogP contribution in [0, 0.1) is 13.8 Å². The van der Waals surface area contributed by atoms with Crippen molar-refractivity contribution in [3.63, 3.8) is 0 Å². The minimum Gasteiger partial charge on any atom is -0.492 e. The summed E-state index contributed by atoms with van der Waals surface area (Å²) in [6.07, 6.45) is 2.34. The first-order valence-electron chi connectivity index (χ1n) is 7.22. The van der Waals surface area contributed by atoms with E-state index in [4.69, 9.17) is 9.47 Å². The Morgan fingerprint density at radius 1 is 1.05 bits per heavy atom. The summed E-state index contributed by atoms with van der Waals surface area (Å²) >= 11 is 0. The lowest BCUT2D eigenvalue weighted by atomic mass is 10.1. The second-order valence-electron chi connectivity index (χ2n) is 4.83. The van der Waals surface area contributed by atoms with Crippen molar-refractivity contribution in [2.24, 2.45) is 0 Å². The molecule has 0 bridgehead atoms. The van der Waals surface area contributed by atoms with E-state index in [0.717, 1.165) is 38.5 Å². The summed E-state index contributed by atoms with van der Waals surface area (Å²) in [5, 5.41) is 3.32. The molecule has 0 fully saturated rings. The Kier molecular flexibility index (Phi) is 8.26. The molecule has 0 aliphatic carbocycles. The van der Waals surface area contributed by atoms with E-state index >= 15 is 0 Å². The fraction of sp³-hybridized carbons (Fsp3) is 0.625. The Morgan fingerprint density at radius 3 is 2.63 bits per heavy atom. The lowest BCUT2D eigenvalue weighted by Gasteiger charge is -2.10.